The zero-order valence-electron chi connectivity index (χ0n) is 7.07. The third kappa shape index (κ3) is 2.80. The summed E-state index contributed by atoms with van der Waals surface area (Å²) in [6.45, 7) is 1.87. The van der Waals surface area contributed by atoms with Gasteiger partial charge in [0.05, 0.1) is 11.6 Å². The van der Waals surface area contributed by atoms with Crippen LogP contribution < -0.4 is 5.73 Å². The summed E-state index contributed by atoms with van der Waals surface area (Å²) in [5.41, 5.74) is 6.50. The Morgan fingerprint density at radius 3 is 2.77 bits per heavy atom. The number of benzene rings is 1. The SMILES string of the molecule is Cc1cc(C#N)cc(SC(N)=O)c1. The summed E-state index contributed by atoms with van der Waals surface area (Å²) in [6, 6.07) is 7.23. The molecule has 0 atom stereocenters. The van der Waals surface area contributed by atoms with Crippen LogP contribution in [0.25, 0.3) is 0 Å². The zero-order valence-corrected chi connectivity index (χ0v) is 7.89. The minimum absolute atomic E-state index is 0.463. The Balaban J connectivity index is 3.03. The van der Waals surface area contributed by atoms with E-state index in [4.69, 9.17) is 11.0 Å². The van der Waals surface area contributed by atoms with Gasteiger partial charge in [0.2, 0.25) is 0 Å². The van der Waals surface area contributed by atoms with Gasteiger partial charge in [-0.15, -0.1) is 0 Å². The highest BCUT2D eigenvalue weighted by atomic mass is 32.2. The van der Waals surface area contributed by atoms with Crippen molar-refractivity contribution in [3.63, 3.8) is 0 Å². The van der Waals surface area contributed by atoms with E-state index in [9.17, 15) is 4.79 Å². The van der Waals surface area contributed by atoms with E-state index in [2.05, 4.69) is 0 Å². The molecule has 3 nitrogen and oxygen atoms in total. The van der Waals surface area contributed by atoms with Crippen molar-refractivity contribution >= 4 is 17.0 Å². The quantitative estimate of drug-likeness (QED) is 0.692. The number of hydrogen-bond acceptors (Lipinski definition) is 3. The number of amides is 1. The van der Waals surface area contributed by atoms with Gasteiger partial charge in [0.1, 0.15) is 0 Å². The van der Waals surface area contributed by atoms with Crippen molar-refractivity contribution in [2.24, 2.45) is 5.73 Å². The van der Waals surface area contributed by atoms with Crippen LogP contribution in [0.3, 0.4) is 0 Å². The molecule has 66 valence electrons. The maximum Gasteiger partial charge on any atom is 0.281 e. The average Bonchev–Trinajstić information content (AvgIpc) is 2.01. The molecule has 0 heterocycles. The van der Waals surface area contributed by atoms with E-state index in [0.29, 0.717) is 10.5 Å². The van der Waals surface area contributed by atoms with Gasteiger partial charge in [-0.2, -0.15) is 5.26 Å². The monoisotopic (exact) mass is 192 g/mol. The van der Waals surface area contributed by atoms with Gasteiger partial charge >= 0.3 is 0 Å². The number of thioether (sulfide) groups is 1. The molecular formula is C9H8N2OS. The fraction of sp³-hybridized carbons (Fsp3) is 0.111. The molecule has 0 radical (unpaired) electrons. The van der Waals surface area contributed by atoms with Gasteiger partial charge in [-0.25, -0.2) is 0 Å². The zero-order chi connectivity index (χ0) is 9.84. The highest BCUT2D eigenvalue weighted by molar-refractivity contribution is 8.13. The second kappa shape index (κ2) is 3.97. The number of nitriles is 1. The lowest BCUT2D eigenvalue weighted by atomic mass is 10.2. The average molecular weight is 192 g/mol. The number of nitrogens with zero attached hydrogens (tertiary/aromatic N) is 1. The molecule has 1 amide bonds. The molecule has 4 heteroatoms. The summed E-state index contributed by atoms with van der Waals surface area (Å²) < 4.78 is 0. The molecule has 0 spiro atoms. The molecule has 1 aromatic rings. The lowest BCUT2D eigenvalue weighted by molar-refractivity contribution is 0.267. The van der Waals surface area contributed by atoms with Crippen molar-refractivity contribution < 1.29 is 4.79 Å². The van der Waals surface area contributed by atoms with Gasteiger partial charge in [-0.3, -0.25) is 4.79 Å². The molecule has 1 rings (SSSR count). The third-order valence-electron chi connectivity index (χ3n) is 1.40. The summed E-state index contributed by atoms with van der Waals surface area (Å²) >= 11 is 0.930. The van der Waals surface area contributed by atoms with Gasteiger partial charge in [0.15, 0.2) is 0 Å². The minimum Gasteiger partial charge on any atom is -0.360 e. The molecule has 13 heavy (non-hydrogen) atoms. The van der Waals surface area contributed by atoms with E-state index >= 15 is 0 Å². The van der Waals surface area contributed by atoms with Crippen LogP contribution >= 0.6 is 11.8 Å². The molecule has 0 aliphatic rings. The Labute approximate surface area is 80.5 Å². The number of aryl methyl sites for hydroxylation is 1. The number of nitrogens with two attached hydrogens (primary N) is 1. The Kier molecular flexibility index (Phi) is 2.93. The van der Waals surface area contributed by atoms with Crippen LogP contribution in [0.1, 0.15) is 11.1 Å². The molecule has 1 aromatic carbocycles. The van der Waals surface area contributed by atoms with Gasteiger partial charge in [-0.1, -0.05) is 0 Å². The van der Waals surface area contributed by atoms with Crippen LogP contribution in [-0.2, 0) is 0 Å². The molecule has 0 saturated heterocycles. The molecule has 0 fully saturated rings. The van der Waals surface area contributed by atoms with Crippen LogP contribution in [0.5, 0.6) is 0 Å². The van der Waals surface area contributed by atoms with E-state index in [1.54, 1.807) is 12.1 Å². The molecular weight excluding hydrogens is 184 g/mol. The summed E-state index contributed by atoms with van der Waals surface area (Å²) in [6.07, 6.45) is 0. The van der Waals surface area contributed by atoms with E-state index in [0.717, 1.165) is 17.3 Å². The predicted octanol–water partition coefficient (Wildman–Crippen LogP) is 2.04. The van der Waals surface area contributed by atoms with Crippen molar-refractivity contribution in [2.75, 3.05) is 0 Å². The number of carbonyl (C=O) groups is 1. The molecule has 0 saturated carbocycles. The maximum atomic E-state index is 10.6. The second-order valence-electron chi connectivity index (χ2n) is 2.57. The predicted molar refractivity (Wildman–Crippen MR) is 51.3 cm³/mol. The summed E-state index contributed by atoms with van der Waals surface area (Å²) in [7, 11) is 0. The van der Waals surface area contributed by atoms with Crippen molar-refractivity contribution in [3.05, 3.63) is 29.3 Å². The van der Waals surface area contributed by atoms with Gasteiger partial charge < -0.3 is 5.73 Å². The van der Waals surface area contributed by atoms with E-state index < -0.39 is 5.24 Å². The Morgan fingerprint density at radius 1 is 1.54 bits per heavy atom. The number of hydrogen-bond donors (Lipinski definition) is 1. The summed E-state index contributed by atoms with van der Waals surface area (Å²) in [5.74, 6) is 0. The fourth-order valence-corrected chi connectivity index (χ4v) is 1.65. The number of carbonyl (C=O) groups excluding carboxylic acids is 1. The van der Waals surface area contributed by atoms with Crippen molar-refractivity contribution in [1.29, 1.82) is 5.26 Å². The summed E-state index contributed by atoms with van der Waals surface area (Å²) in [4.78, 5) is 11.3. The van der Waals surface area contributed by atoms with Crippen LogP contribution in [0.2, 0.25) is 0 Å². The first-order chi connectivity index (χ1) is 6.11. The van der Waals surface area contributed by atoms with Crippen molar-refractivity contribution in [3.8, 4) is 6.07 Å². The van der Waals surface area contributed by atoms with Crippen molar-refractivity contribution in [2.45, 2.75) is 11.8 Å². The van der Waals surface area contributed by atoms with E-state index in [1.165, 1.54) is 0 Å². The number of rotatable bonds is 1. The van der Waals surface area contributed by atoms with Gasteiger partial charge in [-0.05, 0) is 42.4 Å². The lowest BCUT2D eigenvalue weighted by Crippen LogP contribution is -2.01. The van der Waals surface area contributed by atoms with Gasteiger partial charge in [0.25, 0.3) is 5.24 Å². The molecule has 0 aliphatic heterocycles. The standard InChI is InChI=1S/C9H8N2OS/c1-6-2-7(5-10)4-8(3-6)13-9(11)12/h2-4H,1H3,(H2,11,12). The second-order valence-corrected chi connectivity index (χ2v) is 3.65. The Morgan fingerprint density at radius 2 is 2.23 bits per heavy atom. The highest BCUT2D eigenvalue weighted by Crippen LogP contribution is 2.20. The van der Waals surface area contributed by atoms with Crippen LogP contribution in [-0.4, -0.2) is 5.24 Å². The first-order valence-electron chi connectivity index (χ1n) is 3.61. The fourth-order valence-electron chi connectivity index (χ4n) is 0.988. The largest absolute Gasteiger partial charge is 0.360 e. The molecule has 0 unspecified atom stereocenters. The van der Waals surface area contributed by atoms with Gasteiger partial charge in [0, 0.05) is 4.90 Å². The topological polar surface area (TPSA) is 66.9 Å². The first kappa shape index (κ1) is 9.62. The summed E-state index contributed by atoms with van der Waals surface area (Å²) in [5, 5.41) is 8.18. The normalized spacial score (nSPS) is 9.23. The molecule has 2 N–H and O–H groups in total. The van der Waals surface area contributed by atoms with Crippen molar-refractivity contribution in [1.82, 2.24) is 0 Å². The Hall–Kier alpha value is -1.47. The Bertz CT molecular complexity index is 382. The first-order valence-corrected chi connectivity index (χ1v) is 4.42. The molecule has 0 bridgehead atoms. The van der Waals surface area contributed by atoms with Crippen LogP contribution in [0.4, 0.5) is 4.79 Å². The maximum absolute atomic E-state index is 10.6. The number of primary amides is 1. The highest BCUT2D eigenvalue weighted by Gasteiger charge is 2.01. The molecule has 0 aliphatic carbocycles. The van der Waals surface area contributed by atoms with E-state index in [1.807, 2.05) is 19.1 Å². The molecule has 0 aromatic heterocycles. The smallest absolute Gasteiger partial charge is 0.281 e. The minimum atomic E-state index is -0.463. The third-order valence-corrected chi connectivity index (χ3v) is 2.07. The lowest BCUT2D eigenvalue weighted by Gasteiger charge is -1.99. The van der Waals surface area contributed by atoms with E-state index in [-0.39, 0.29) is 0 Å². The van der Waals surface area contributed by atoms with Crippen LogP contribution in [0, 0.1) is 18.3 Å². The van der Waals surface area contributed by atoms with Crippen LogP contribution in [0.15, 0.2) is 23.1 Å².